The minimum absolute atomic E-state index is 0.256. The maximum Gasteiger partial charge on any atom is 0.280 e. The van der Waals surface area contributed by atoms with Crippen molar-refractivity contribution in [1.29, 1.82) is 0 Å². The largest absolute Gasteiger partial charge is 0.477 e. The van der Waals surface area contributed by atoms with E-state index >= 15 is 0 Å². The van der Waals surface area contributed by atoms with Gasteiger partial charge in [-0.3, -0.25) is 24.4 Å². The van der Waals surface area contributed by atoms with Crippen LogP contribution in [-0.2, 0) is 10.0 Å². The van der Waals surface area contributed by atoms with Crippen LogP contribution in [0.2, 0.25) is 0 Å². The zero-order valence-corrected chi connectivity index (χ0v) is 25.2. The number of thiazole rings is 1. The number of carbonyl (C=O) groups is 1. The summed E-state index contributed by atoms with van der Waals surface area (Å²) in [6.07, 6.45) is 11.7. The molecular formula is C28H37N7O4S2. The molecule has 1 saturated heterocycles. The molecule has 0 bridgehead atoms. The average Bonchev–Trinajstić information content (AvgIpc) is 3.71. The number of likely N-dealkylation sites (tertiary alicyclic amines) is 1. The Balaban J connectivity index is 1.39. The van der Waals surface area contributed by atoms with Crippen molar-refractivity contribution in [2.45, 2.75) is 82.7 Å². The first-order valence-electron chi connectivity index (χ1n) is 14.2. The van der Waals surface area contributed by atoms with E-state index in [9.17, 15) is 13.2 Å². The van der Waals surface area contributed by atoms with Crippen molar-refractivity contribution in [3.8, 4) is 16.5 Å². The highest BCUT2D eigenvalue weighted by Gasteiger charge is 2.36. The molecule has 2 N–H and O–H groups in total. The molecule has 11 nitrogen and oxygen atoms in total. The molecule has 4 heterocycles. The van der Waals surface area contributed by atoms with E-state index in [1.54, 1.807) is 36.9 Å². The molecule has 1 aliphatic carbocycles. The third-order valence-corrected chi connectivity index (χ3v) is 10.3. The van der Waals surface area contributed by atoms with Crippen LogP contribution in [0.1, 0.15) is 80.8 Å². The maximum absolute atomic E-state index is 13.5. The fourth-order valence-electron chi connectivity index (χ4n) is 5.21. The van der Waals surface area contributed by atoms with Crippen LogP contribution in [0, 0.1) is 0 Å². The van der Waals surface area contributed by atoms with E-state index in [2.05, 4.69) is 48.7 Å². The first-order valence-corrected chi connectivity index (χ1v) is 16.5. The molecule has 1 saturated carbocycles. The standard InChI is InChI=1S/C28H37N7O4S2/c1-4-39-26-17-29-15-24(32-26)25-16-31-28(40-25)27(36)33-23(14-20-7-5-6-12-35(20)18(2)3)22-13-19(10-11-30-22)34-41(37,38)21-8-9-21/h10-11,13,15-18,20-21,23H,4-9,12,14H2,1-3H3,(H,30,34)(H,33,36)/t20-,23-/m1/s1. The fraction of sp³-hybridized carbons (Fsp3) is 0.536. The molecule has 13 heteroatoms. The number of rotatable bonds is 12. The molecule has 41 heavy (non-hydrogen) atoms. The maximum atomic E-state index is 13.5. The Morgan fingerprint density at radius 2 is 2.00 bits per heavy atom. The van der Waals surface area contributed by atoms with E-state index in [1.807, 2.05) is 6.92 Å². The third-order valence-electron chi connectivity index (χ3n) is 7.37. The number of ether oxygens (including phenoxy) is 1. The number of anilines is 1. The van der Waals surface area contributed by atoms with Gasteiger partial charge in [0.25, 0.3) is 5.91 Å². The third kappa shape index (κ3) is 7.38. The summed E-state index contributed by atoms with van der Waals surface area (Å²) in [5, 5.41) is 3.12. The first-order chi connectivity index (χ1) is 19.7. The van der Waals surface area contributed by atoms with E-state index in [0.29, 0.717) is 64.8 Å². The molecule has 5 rings (SSSR count). The molecule has 2 fully saturated rings. The Kier molecular flexibility index (Phi) is 9.15. The summed E-state index contributed by atoms with van der Waals surface area (Å²) in [5.41, 5.74) is 1.64. The van der Waals surface area contributed by atoms with Crippen molar-refractivity contribution >= 4 is 33.0 Å². The average molecular weight is 600 g/mol. The van der Waals surface area contributed by atoms with E-state index in [4.69, 9.17) is 4.74 Å². The van der Waals surface area contributed by atoms with E-state index in [-0.39, 0.29) is 17.2 Å². The topological polar surface area (TPSA) is 139 Å². The molecule has 1 amide bonds. The van der Waals surface area contributed by atoms with Crippen molar-refractivity contribution in [2.75, 3.05) is 17.9 Å². The molecular weight excluding hydrogens is 562 g/mol. The fourth-order valence-corrected chi connectivity index (χ4v) is 7.36. The van der Waals surface area contributed by atoms with E-state index < -0.39 is 16.1 Å². The molecule has 0 radical (unpaired) electrons. The van der Waals surface area contributed by atoms with E-state index in [1.165, 1.54) is 11.3 Å². The summed E-state index contributed by atoms with van der Waals surface area (Å²) in [7, 11) is -3.43. The summed E-state index contributed by atoms with van der Waals surface area (Å²) >= 11 is 1.23. The van der Waals surface area contributed by atoms with Crippen LogP contribution < -0.4 is 14.8 Å². The van der Waals surface area contributed by atoms with Crippen molar-refractivity contribution in [3.63, 3.8) is 0 Å². The number of nitrogens with zero attached hydrogens (tertiary/aromatic N) is 5. The summed E-state index contributed by atoms with van der Waals surface area (Å²) in [5.74, 6) is 0.0905. The Bertz CT molecular complexity index is 1460. The number of hydrogen-bond donors (Lipinski definition) is 2. The van der Waals surface area contributed by atoms with Gasteiger partial charge < -0.3 is 10.1 Å². The number of amides is 1. The smallest absolute Gasteiger partial charge is 0.280 e. The lowest BCUT2D eigenvalue weighted by Gasteiger charge is -2.40. The van der Waals surface area contributed by atoms with E-state index in [0.717, 1.165) is 25.8 Å². The van der Waals surface area contributed by atoms with Gasteiger partial charge in [0.1, 0.15) is 5.69 Å². The van der Waals surface area contributed by atoms with Crippen molar-refractivity contribution in [3.05, 3.63) is 47.6 Å². The first kappa shape index (κ1) is 29.3. The highest BCUT2D eigenvalue weighted by molar-refractivity contribution is 7.93. The molecule has 2 atom stereocenters. The van der Waals surface area contributed by atoms with Crippen LogP contribution in [0.25, 0.3) is 10.6 Å². The molecule has 3 aromatic rings. The monoisotopic (exact) mass is 599 g/mol. The second kappa shape index (κ2) is 12.8. The van der Waals surface area contributed by atoms with Crippen molar-refractivity contribution in [1.82, 2.24) is 30.2 Å². The van der Waals surface area contributed by atoms with Crippen LogP contribution in [0.15, 0.2) is 36.9 Å². The minimum Gasteiger partial charge on any atom is -0.477 e. The SMILES string of the molecule is CCOc1cncc(-c2cnc(C(=O)N[C@H](C[C@H]3CCCCN3C(C)C)c3cc(NS(=O)(=O)C4CC4)ccn3)s2)n1. The number of pyridine rings is 1. The van der Waals surface area contributed by atoms with Gasteiger partial charge in [-0.2, -0.15) is 0 Å². The number of hydrogen-bond acceptors (Lipinski definition) is 10. The normalized spacial score (nSPS) is 18.7. The zero-order valence-electron chi connectivity index (χ0n) is 23.6. The van der Waals surface area contributed by atoms with Crippen LogP contribution >= 0.6 is 11.3 Å². The predicted octanol–water partition coefficient (Wildman–Crippen LogP) is 4.42. The number of piperidine rings is 1. The molecule has 0 unspecified atom stereocenters. The number of carbonyl (C=O) groups excluding carboxylic acids is 1. The second-order valence-electron chi connectivity index (χ2n) is 10.8. The van der Waals surface area contributed by atoms with Gasteiger partial charge in [-0.25, -0.2) is 18.4 Å². The van der Waals surface area contributed by atoms with Gasteiger partial charge in [0.15, 0.2) is 5.01 Å². The highest BCUT2D eigenvalue weighted by Crippen LogP contribution is 2.32. The summed E-state index contributed by atoms with van der Waals surface area (Å²) in [4.78, 5) is 34.3. The molecule has 1 aliphatic heterocycles. The Labute approximate surface area is 245 Å². The summed E-state index contributed by atoms with van der Waals surface area (Å²) < 4.78 is 33.3. The summed E-state index contributed by atoms with van der Waals surface area (Å²) in [6, 6.07) is 3.57. The number of aromatic nitrogens is 4. The van der Waals surface area contributed by atoms with Crippen LogP contribution in [-0.4, -0.2) is 69.6 Å². The molecule has 0 spiro atoms. The van der Waals surface area contributed by atoms with Gasteiger partial charge >= 0.3 is 0 Å². The molecule has 3 aromatic heterocycles. The lowest BCUT2D eigenvalue weighted by Crippen LogP contribution is -2.46. The van der Waals surface area contributed by atoms with Crippen LogP contribution in [0.4, 0.5) is 5.69 Å². The summed E-state index contributed by atoms with van der Waals surface area (Å²) in [6.45, 7) is 7.74. The molecule has 220 valence electrons. The van der Waals surface area contributed by atoms with Gasteiger partial charge in [-0.05, 0) is 71.6 Å². The van der Waals surface area contributed by atoms with Gasteiger partial charge in [0.05, 0.1) is 46.6 Å². The minimum atomic E-state index is -3.43. The molecule has 0 aromatic carbocycles. The Morgan fingerprint density at radius 3 is 2.76 bits per heavy atom. The van der Waals surface area contributed by atoms with Gasteiger partial charge in [-0.1, -0.05) is 6.42 Å². The molecule has 2 aliphatic rings. The quantitative estimate of drug-likeness (QED) is 0.310. The van der Waals surface area contributed by atoms with Crippen molar-refractivity contribution < 1.29 is 17.9 Å². The number of nitrogens with one attached hydrogen (secondary N) is 2. The van der Waals surface area contributed by atoms with Gasteiger partial charge in [-0.15, -0.1) is 11.3 Å². The highest BCUT2D eigenvalue weighted by atomic mass is 32.2. The zero-order chi connectivity index (χ0) is 29.0. The predicted molar refractivity (Wildman–Crippen MR) is 158 cm³/mol. The van der Waals surface area contributed by atoms with Gasteiger partial charge in [0, 0.05) is 24.5 Å². The lowest BCUT2D eigenvalue weighted by molar-refractivity contribution is 0.0847. The van der Waals surface area contributed by atoms with Crippen LogP contribution in [0.5, 0.6) is 5.88 Å². The second-order valence-corrected chi connectivity index (χ2v) is 13.8. The number of sulfonamides is 1. The Morgan fingerprint density at radius 1 is 1.17 bits per heavy atom. The van der Waals surface area contributed by atoms with Gasteiger partial charge in [0.2, 0.25) is 15.9 Å². The van der Waals surface area contributed by atoms with Crippen molar-refractivity contribution in [2.24, 2.45) is 0 Å². The van der Waals surface area contributed by atoms with Crippen LogP contribution in [0.3, 0.4) is 0 Å². The lowest BCUT2D eigenvalue weighted by atomic mass is 9.93. The Hall–Kier alpha value is -3.16.